The van der Waals surface area contributed by atoms with Crippen LogP contribution in [-0.4, -0.2) is 17.5 Å². The van der Waals surface area contributed by atoms with Crippen LogP contribution in [0.2, 0.25) is 0 Å². The van der Waals surface area contributed by atoms with Crippen LogP contribution in [0.15, 0.2) is 22.7 Å². The van der Waals surface area contributed by atoms with Gasteiger partial charge in [0, 0.05) is 15.8 Å². The van der Waals surface area contributed by atoms with Crippen molar-refractivity contribution in [3.05, 3.63) is 22.7 Å². The van der Waals surface area contributed by atoms with E-state index in [1.165, 1.54) is 25.7 Å². The van der Waals surface area contributed by atoms with Crippen LogP contribution < -0.4 is 11.1 Å². The molecular weight excluding hydrogens is 296 g/mol. The maximum atomic E-state index is 5.99. The molecule has 4 heteroatoms. The molecule has 0 unspecified atom stereocenters. The highest BCUT2D eigenvalue weighted by Crippen LogP contribution is 2.40. The molecule has 1 aliphatic rings. The lowest BCUT2D eigenvalue weighted by atomic mass is 10.1. The summed E-state index contributed by atoms with van der Waals surface area (Å²) in [5.41, 5.74) is 7.85. The maximum Gasteiger partial charge on any atom is 0.0575 e. The summed E-state index contributed by atoms with van der Waals surface area (Å²) in [6.07, 6.45) is 7.57. The maximum absolute atomic E-state index is 5.99. The lowest BCUT2D eigenvalue weighted by Gasteiger charge is -2.27. The fourth-order valence-corrected chi connectivity index (χ4v) is 3.72. The van der Waals surface area contributed by atoms with Crippen molar-refractivity contribution in [2.24, 2.45) is 0 Å². The van der Waals surface area contributed by atoms with Crippen molar-refractivity contribution in [3.63, 3.8) is 0 Å². The molecule has 1 aromatic rings. The Labute approximate surface area is 116 Å². The van der Waals surface area contributed by atoms with E-state index in [1.54, 1.807) is 0 Å². The Bertz CT molecular complexity index is 389. The highest BCUT2D eigenvalue weighted by atomic mass is 79.9. The molecule has 0 amide bonds. The minimum Gasteiger partial charge on any atom is -0.397 e. The number of nitrogen functional groups attached to an aromatic ring is 1. The summed E-state index contributed by atoms with van der Waals surface area (Å²) < 4.78 is 1.44. The third-order valence-corrected chi connectivity index (χ3v) is 5.47. The minimum absolute atomic E-state index is 0.416. The Kier molecular flexibility index (Phi) is 4.26. The van der Waals surface area contributed by atoms with Gasteiger partial charge in [-0.05, 0) is 37.3 Å². The first kappa shape index (κ1) is 13.1. The number of nitrogens with two attached hydrogens (primary N) is 1. The predicted octanol–water partition coefficient (Wildman–Crippen LogP) is 4.12. The molecule has 0 heterocycles. The molecule has 2 nitrogen and oxygen atoms in total. The average molecular weight is 315 g/mol. The van der Waals surface area contributed by atoms with Crippen LogP contribution in [0.25, 0.3) is 0 Å². The van der Waals surface area contributed by atoms with Gasteiger partial charge in [-0.1, -0.05) is 28.8 Å². The van der Waals surface area contributed by atoms with E-state index in [2.05, 4.69) is 27.5 Å². The normalized spacial score (nSPS) is 18.2. The van der Waals surface area contributed by atoms with Gasteiger partial charge in [-0.25, -0.2) is 0 Å². The Morgan fingerprint density at radius 2 is 2.12 bits per heavy atom. The summed E-state index contributed by atoms with van der Waals surface area (Å²) in [5, 5.41) is 3.51. The summed E-state index contributed by atoms with van der Waals surface area (Å²) >= 11 is 5.42. The van der Waals surface area contributed by atoms with Crippen LogP contribution in [0.4, 0.5) is 11.4 Å². The van der Waals surface area contributed by atoms with E-state index < -0.39 is 0 Å². The minimum atomic E-state index is 0.416. The number of rotatable bonds is 4. The predicted molar refractivity (Wildman–Crippen MR) is 81.8 cm³/mol. The van der Waals surface area contributed by atoms with Gasteiger partial charge in [0.2, 0.25) is 0 Å². The van der Waals surface area contributed by atoms with Crippen molar-refractivity contribution in [1.29, 1.82) is 0 Å². The lowest BCUT2D eigenvalue weighted by molar-refractivity contribution is 0.640. The molecule has 17 heavy (non-hydrogen) atoms. The van der Waals surface area contributed by atoms with Crippen molar-refractivity contribution >= 4 is 39.1 Å². The Morgan fingerprint density at radius 1 is 1.41 bits per heavy atom. The van der Waals surface area contributed by atoms with E-state index in [9.17, 15) is 0 Å². The standard InChI is InChI=1S/C13H19BrN2S/c1-17-13(6-2-3-7-13)9-16-12-5-4-10(14)8-11(12)15/h4-5,8,16H,2-3,6-7,9,15H2,1H3. The molecule has 94 valence electrons. The number of anilines is 2. The molecule has 3 N–H and O–H groups in total. The van der Waals surface area contributed by atoms with Gasteiger partial charge in [0.25, 0.3) is 0 Å². The van der Waals surface area contributed by atoms with Crippen LogP contribution >= 0.6 is 27.7 Å². The fourth-order valence-electron chi connectivity index (χ4n) is 2.42. The molecule has 0 radical (unpaired) electrons. The molecule has 0 spiro atoms. The van der Waals surface area contributed by atoms with E-state index >= 15 is 0 Å². The zero-order chi connectivity index (χ0) is 12.3. The van der Waals surface area contributed by atoms with E-state index in [-0.39, 0.29) is 0 Å². The van der Waals surface area contributed by atoms with Crippen LogP contribution in [0.5, 0.6) is 0 Å². The Morgan fingerprint density at radius 3 is 2.71 bits per heavy atom. The molecule has 0 bridgehead atoms. The molecule has 0 aliphatic heterocycles. The van der Waals surface area contributed by atoms with Crippen molar-refractivity contribution < 1.29 is 0 Å². The lowest BCUT2D eigenvalue weighted by Crippen LogP contribution is -2.30. The number of hydrogen-bond donors (Lipinski definition) is 2. The molecule has 1 aromatic carbocycles. The molecule has 1 aliphatic carbocycles. The second kappa shape index (κ2) is 5.53. The van der Waals surface area contributed by atoms with Gasteiger partial charge in [-0.2, -0.15) is 11.8 Å². The molecular formula is C13H19BrN2S. The summed E-state index contributed by atoms with van der Waals surface area (Å²) in [4.78, 5) is 0. The fraction of sp³-hybridized carbons (Fsp3) is 0.538. The second-order valence-corrected chi connectivity index (χ2v) is 6.87. The largest absolute Gasteiger partial charge is 0.397 e. The SMILES string of the molecule is CSC1(CNc2ccc(Br)cc2N)CCCC1. The second-order valence-electron chi connectivity index (χ2n) is 4.68. The molecule has 1 saturated carbocycles. The first-order valence-corrected chi connectivity index (χ1v) is 8.01. The van der Waals surface area contributed by atoms with Gasteiger partial charge < -0.3 is 11.1 Å². The van der Waals surface area contributed by atoms with E-state index in [4.69, 9.17) is 5.73 Å². The van der Waals surface area contributed by atoms with Gasteiger partial charge in [0.1, 0.15) is 0 Å². The quantitative estimate of drug-likeness (QED) is 0.821. The van der Waals surface area contributed by atoms with Crippen molar-refractivity contribution in [2.45, 2.75) is 30.4 Å². The number of halogens is 1. The highest BCUT2D eigenvalue weighted by molar-refractivity contribution is 9.10. The summed E-state index contributed by atoms with van der Waals surface area (Å²) in [6, 6.07) is 6.02. The monoisotopic (exact) mass is 314 g/mol. The van der Waals surface area contributed by atoms with Gasteiger partial charge >= 0.3 is 0 Å². The zero-order valence-electron chi connectivity index (χ0n) is 10.1. The topological polar surface area (TPSA) is 38.0 Å². The first-order chi connectivity index (χ1) is 8.15. The van der Waals surface area contributed by atoms with E-state index in [0.29, 0.717) is 4.75 Å². The Hall–Kier alpha value is -0.350. The van der Waals surface area contributed by atoms with Crippen molar-refractivity contribution in [1.82, 2.24) is 0 Å². The number of hydrogen-bond acceptors (Lipinski definition) is 3. The summed E-state index contributed by atoms with van der Waals surface area (Å²) in [7, 11) is 0. The van der Waals surface area contributed by atoms with E-state index in [1.807, 2.05) is 30.0 Å². The van der Waals surface area contributed by atoms with Gasteiger partial charge in [-0.3, -0.25) is 0 Å². The number of nitrogens with one attached hydrogen (secondary N) is 1. The summed E-state index contributed by atoms with van der Waals surface area (Å²) in [6.45, 7) is 1.01. The first-order valence-electron chi connectivity index (χ1n) is 5.99. The molecule has 0 saturated heterocycles. The Balaban J connectivity index is 2.01. The van der Waals surface area contributed by atoms with Crippen LogP contribution in [0, 0.1) is 0 Å². The van der Waals surface area contributed by atoms with Gasteiger partial charge in [0.15, 0.2) is 0 Å². The third kappa shape index (κ3) is 3.10. The van der Waals surface area contributed by atoms with Crippen LogP contribution in [0.1, 0.15) is 25.7 Å². The molecule has 2 rings (SSSR count). The summed E-state index contributed by atoms with van der Waals surface area (Å²) in [5.74, 6) is 0. The number of thioether (sulfide) groups is 1. The smallest absolute Gasteiger partial charge is 0.0575 e. The number of benzene rings is 1. The van der Waals surface area contributed by atoms with Crippen molar-refractivity contribution in [2.75, 3.05) is 23.9 Å². The molecule has 1 fully saturated rings. The highest BCUT2D eigenvalue weighted by Gasteiger charge is 2.32. The van der Waals surface area contributed by atoms with E-state index in [0.717, 1.165) is 22.4 Å². The zero-order valence-corrected chi connectivity index (χ0v) is 12.5. The molecule has 0 aromatic heterocycles. The van der Waals surface area contributed by atoms with Crippen molar-refractivity contribution in [3.8, 4) is 0 Å². The molecule has 0 atom stereocenters. The van der Waals surface area contributed by atoms with Crippen LogP contribution in [-0.2, 0) is 0 Å². The third-order valence-electron chi connectivity index (χ3n) is 3.56. The average Bonchev–Trinajstić information content (AvgIpc) is 2.77. The van der Waals surface area contributed by atoms with Gasteiger partial charge in [0.05, 0.1) is 11.4 Å². The van der Waals surface area contributed by atoms with Gasteiger partial charge in [-0.15, -0.1) is 0 Å². The van der Waals surface area contributed by atoms with Crippen LogP contribution in [0.3, 0.4) is 0 Å².